The lowest BCUT2D eigenvalue weighted by Gasteiger charge is -2.29. The zero-order valence-corrected chi connectivity index (χ0v) is 26.2. The first-order valence-electron chi connectivity index (χ1n) is 14.8. The Kier molecular flexibility index (Phi) is 8.70. The van der Waals surface area contributed by atoms with Crippen LogP contribution in [-0.2, 0) is 31.6 Å². The summed E-state index contributed by atoms with van der Waals surface area (Å²) < 4.78 is 113. The number of hydrogen-bond donors (Lipinski definition) is 0. The lowest BCUT2D eigenvalue weighted by atomic mass is 9.82. The second-order valence-corrected chi connectivity index (χ2v) is 13.5. The third kappa shape index (κ3) is 6.54. The zero-order chi connectivity index (χ0) is 33.6. The predicted octanol–water partition coefficient (Wildman–Crippen LogP) is 7.95. The van der Waals surface area contributed by atoms with Gasteiger partial charge in [-0.15, -0.1) is 0 Å². The Labute approximate surface area is 267 Å². The number of alkyl halides is 3. The molecule has 0 aliphatic carbocycles. The van der Waals surface area contributed by atoms with Crippen LogP contribution in [-0.4, -0.2) is 41.9 Å². The van der Waals surface area contributed by atoms with Crippen molar-refractivity contribution in [1.82, 2.24) is 14.8 Å². The van der Waals surface area contributed by atoms with Crippen LogP contribution in [0.25, 0.3) is 32.8 Å². The SMILES string of the molecule is CC(C)(COCc1ccccc1)c1nc(OS(=O)(=O)C(F)(F)F)c2cc3c(cnn3C3CCCCO3)cc2c1-c1ccc(F)c(F)c1. The van der Waals surface area contributed by atoms with Gasteiger partial charge in [-0.3, -0.25) is 0 Å². The largest absolute Gasteiger partial charge is 0.534 e. The lowest BCUT2D eigenvalue weighted by molar-refractivity contribution is -0.0501. The van der Waals surface area contributed by atoms with E-state index in [1.165, 1.54) is 12.1 Å². The molecule has 1 unspecified atom stereocenters. The first-order chi connectivity index (χ1) is 22.2. The van der Waals surface area contributed by atoms with E-state index in [2.05, 4.69) is 10.1 Å². The van der Waals surface area contributed by atoms with Crippen molar-refractivity contribution in [2.24, 2.45) is 0 Å². The van der Waals surface area contributed by atoms with Gasteiger partial charge in [-0.1, -0.05) is 50.2 Å². The Morgan fingerprint density at radius 2 is 1.74 bits per heavy atom. The molecule has 1 fully saturated rings. The highest BCUT2D eigenvalue weighted by Crippen LogP contribution is 2.44. The summed E-state index contributed by atoms with van der Waals surface area (Å²) in [4.78, 5) is 4.40. The van der Waals surface area contributed by atoms with Crippen LogP contribution >= 0.6 is 0 Å². The number of halogens is 5. The maximum Gasteiger partial charge on any atom is 0.534 e. The first-order valence-corrected chi connectivity index (χ1v) is 16.2. The number of rotatable bonds is 9. The van der Waals surface area contributed by atoms with E-state index < -0.39 is 44.8 Å². The van der Waals surface area contributed by atoms with E-state index in [0.29, 0.717) is 23.9 Å². The highest BCUT2D eigenvalue weighted by atomic mass is 32.2. The quantitative estimate of drug-likeness (QED) is 0.0890. The average molecular weight is 676 g/mol. The molecule has 0 bridgehead atoms. The number of pyridine rings is 1. The Morgan fingerprint density at radius 1 is 0.979 bits per heavy atom. The van der Waals surface area contributed by atoms with Gasteiger partial charge < -0.3 is 13.7 Å². The van der Waals surface area contributed by atoms with Crippen molar-refractivity contribution in [1.29, 1.82) is 0 Å². The van der Waals surface area contributed by atoms with Crippen molar-refractivity contribution >= 4 is 31.8 Å². The standard InChI is InChI=1S/C33H30F5N3O5S/c1-32(2,19-44-18-20-8-4-3-5-9-20)30-29(21-11-12-25(34)26(35)15-21)23-14-22-17-39-41(28-10-6-7-13-45-28)27(22)16-24(23)31(40-30)46-47(42,43)33(36,37)38/h3-5,8-9,11-12,14-17,28H,6-7,10,13,18-19H2,1-2H3. The molecule has 6 rings (SSSR count). The molecule has 0 saturated carbocycles. The van der Waals surface area contributed by atoms with Crippen molar-refractivity contribution in [3.8, 4) is 17.0 Å². The van der Waals surface area contributed by atoms with Gasteiger partial charge in [0.1, 0.15) is 0 Å². The van der Waals surface area contributed by atoms with Gasteiger partial charge in [0.2, 0.25) is 5.88 Å². The Morgan fingerprint density at radius 3 is 2.43 bits per heavy atom. The summed E-state index contributed by atoms with van der Waals surface area (Å²) >= 11 is 0. The van der Waals surface area contributed by atoms with Gasteiger partial charge in [0, 0.05) is 28.4 Å². The Hall–Kier alpha value is -4.14. The predicted molar refractivity (Wildman–Crippen MR) is 164 cm³/mol. The Bertz CT molecular complexity index is 2040. The van der Waals surface area contributed by atoms with Gasteiger partial charge in [-0.2, -0.15) is 26.7 Å². The molecule has 248 valence electrons. The molecule has 3 heterocycles. The maximum atomic E-state index is 14.7. The topological polar surface area (TPSA) is 92.5 Å². The van der Waals surface area contributed by atoms with E-state index >= 15 is 0 Å². The van der Waals surface area contributed by atoms with Gasteiger partial charge in [0.25, 0.3) is 0 Å². The maximum absolute atomic E-state index is 14.7. The molecule has 2 aromatic heterocycles. The third-order valence-electron chi connectivity index (χ3n) is 8.01. The fourth-order valence-corrected chi connectivity index (χ4v) is 6.11. The molecule has 1 saturated heterocycles. The first kappa shape index (κ1) is 32.8. The number of aromatic nitrogens is 3. The zero-order valence-electron chi connectivity index (χ0n) is 25.4. The van der Waals surface area contributed by atoms with Crippen LogP contribution in [0.15, 0.2) is 66.9 Å². The minimum atomic E-state index is -6.17. The van der Waals surface area contributed by atoms with Gasteiger partial charge in [-0.05, 0) is 60.0 Å². The molecule has 0 N–H and O–H groups in total. The minimum Gasteiger partial charge on any atom is -0.376 e. The van der Waals surface area contributed by atoms with Gasteiger partial charge >= 0.3 is 15.6 Å². The van der Waals surface area contributed by atoms with E-state index in [1.807, 2.05) is 30.3 Å². The fourth-order valence-electron chi connectivity index (χ4n) is 5.68. The summed E-state index contributed by atoms with van der Waals surface area (Å²) in [6, 6.07) is 15.4. The van der Waals surface area contributed by atoms with Crippen molar-refractivity contribution in [2.75, 3.05) is 13.2 Å². The van der Waals surface area contributed by atoms with Gasteiger partial charge in [0.05, 0.1) is 30.6 Å². The smallest absolute Gasteiger partial charge is 0.376 e. The monoisotopic (exact) mass is 675 g/mol. The lowest BCUT2D eigenvalue weighted by Crippen LogP contribution is -2.30. The molecule has 14 heteroatoms. The molecule has 0 spiro atoms. The number of hydrogen-bond acceptors (Lipinski definition) is 7. The molecule has 0 amide bonds. The highest BCUT2D eigenvalue weighted by molar-refractivity contribution is 7.88. The third-order valence-corrected chi connectivity index (χ3v) is 8.95. The normalized spacial score (nSPS) is 16.2. The van der Waals surface area contributed by atoms with E-state index in [0.717, 1.165) is 30.5 Å². The summed E-state index contributed by atoms with van der Waals surface area (Å²) in [7, 11) is -6.17. The minimum absolute atomic E-state index is 0.0399. The number of nitrogens with zero attached hydrogens (tertiary/aromatic N) is 3. The molecule has 1 aliphatic rings. The van der Waals surface area contributed by atoms with Crippen molar-refractivity contribution in [3.05, 3.63) is 89.8 Å². The molecule has 5 aromatic rings. The van der Waals surface area contributed by atoms with Crippen LogP contribution < -0.4 is 4.18 Å². The summed E-state index contributed by atoms with van der Waals surface area (Å²) in [5.41, 5.74) is -5.17. The number of fused-ring (bicyclic) bond motifs is 2. The summed E-state index contributed by atoms with van der Waals surface area (Å²) in [6.07, 6.45) is 3.45. The Balaban J connectivity index is 1.60. The molecule has 47 heavy (non-hydrogen) atoms. The van der Waals surface area contributed by atoms with E-state index in [1.54, 1.807) is 30.8 Å². The molecule has 1 aliphatic heterocycles. The summed E-state index contributed by atoms with van der Waals surface area (Å²) in [5, 5.41) is 5.06. The summed E-state index contributed by atoms with van der Waals surface area (Å²) in [5.74, 6) is -3.11. The van der Waals surface area contributed by atoms with Crippen molar-refractivity contribution < 1.29 is 44.0 Å². The van der Waals surface area contributed by atoms with Crippen molar-refractivity contribution in [3.63, 3.8) is 0 Å². The van der Waals surface area contributed by atoms with Gasteiger partial charge in [-0.25, -0.2) is 18.4 Å². The molecule has 1 atom stereocenters. The van der Waals surface area contributed by atoms with Crippen LogP contribution in [0, 0.1) is 11.6 Å². The average Bonchev–Trinajstić information content (AvgIpc) is 3.44. The van der Waals surface area contributed by atoms with E-state index in [-0.39, 0.29) is 40.8 Å². The number of benzene rings is 3. The van der Waals surface area contributed by atoms with Crippen LogP contribution in [0.4, 0.5) is 22.0 Å². The molecule has 8 nitrogen and oxygen atoms in total. The molecule has 0 radical (unpaired) electrons. The van der Waals surface area contributed by atoms with E-state index in [9.17, 15) is 30.4 Å². The molecular weight excluding hydrogens is 645 g/mol. The summed E-state index contributed by atoms with van der Waals surface area (Å²) in [6.45, 7) is 4.02. The van der Waals surface area contributed by atoms with E-state index in [4.69, 9.17) is 13.7 Å². The van der Waals surface area contributed by atoms with Crippen molar-refractivity contribution in [2.45, 2.75) is 56.9 Å². The second-order valence-electron chi connectivity index (χ2n) is 12.0. The van der Waals surface area contributed by atoms with Crippen LogP contribution in [0.3, 0.4) is 0 Å². The fraction of sp³-hybridized carbons (Fsp3) is 0.333. The highest BCUT2D eigenvalue weighted by Gasteiger charge is 2.49. The van der Waals surface area contributed by atoms with Gasteiger partial charge in [0.15, 0.2) is 17.9 Å². The molecule has 3 aromatic carbocycles. The van der Waals surface area contributed by atoms with Crippen LogP contribution in [0.5, 0.6) is 5.88 Å². The van der Waals surface area contributed by atoms with Crippen LogP contribution in [0.1, 0.15) is 50.6 Å². The van der Waals surface area contributed by atoms with Crippen LogP contribution in [0.2, 0.25) is 0 Å². The molecular formula is C33H30F5N3O5S. The second kappa shape index (κ2) is 12.5. The number of ether oxygens (including phenoxy) is 2.